The van der Waals surface area contributed by atoms with Gasteiger partial charge in [0.2, 0.25) is 0 Å². The SMILES string of the molecule is O=C(Nc1ccccc1N1CCCCCC1)NC1(CO)CCCC1. The normalized spacial score (nSPS) is 20.5. The molecule has 3 N–H and O–H groups in total. The molecular formula is C19H29N3O2. The maximum Gasteiger partial charge on any atom is 0.319 e. The Labute approximate surface area is 144 Å². The standard InChI is InChI=1S/C19H29N3O2/c23-15-19(11-5-6-12-19)21-18(24)20-16-9-3-4-10-17(16)22-13-7-1-2-8-14-22/h3-4,9-10,23H,1-2,5-8,11-15H2,(H2,20,21,24). The first-order valence-corrected chi connectivity index (χ1v) is 9.26. The van der Waals surface area contributed by atoms with Gasteiger partial charge in [-0.1, -0.05) is 37.8 Å². The van der Waals surface area contributed by atoms with Gasteiger partial charge < -0.3 is 20.6 Å². The third-order valence-corrected chi connectivity index (χ3v) is 5.34. The lowest BCUT2D eigenvalue weighted by Crippen LogP contribution is -2.50. The van der Waals surface area contributed by atoms with Gasteiger partial charge in [-0.05, 0) is 37.8 Å². The van der Waals surface area contributed by atoms with E-state index >= 15 is 0 Å². The summed E-state index contributed by atoms with van der Waals surface area (Å²) in [4.78, 5) is 14.9. The Balaban J connectivity index is 1.69. The lowest BCUT2D eigenvalue weighted by molar-refractivity contribution is 0.167. The van der Waals surface area contributed by atoms with Crippen LogP contribution in [0.4, 0.5) is 16.2 Å². The van der Waals surface area contributed by atoms with Gasteiger partial charge in [-0.25, -0.2) is 4.79 Å². The van der Waals surface area contributed by atoms with Gasteiger partial charge in [0.1, 0.15) is 0 Å². The largest absolute Gasteiger partial charge is 0.394 e. The molecular weight excluding hydrogens is 302 g/mol. The van der Waals surface area contributed by atoms with Crippen molar-refractivity contribution in [3.05, 3.63) is 24.3 Å². The molecule has 5 heteroatoms. The molecule has 1 aromatic rings. The van der Waals surface area contributed by atoms with Crippen molar-refractivity contribution in [2.45, 2.75) is 56.9 Å². The van der Waals surface area contributed by atoms with Crippen LogP contribution in [0.3, 0.4) is 0 Å². The van der Waals surface area contributed by atoms with E-state index in [1.54, 1.807) is 0 Å². The topological polar surface area (TPSA) is 64.6 Å². The van der Waals surface area contributed by atoms with Crippen molar-refractivity contribution in [1.29, 1.82) is 0 Å². The number of carbonyl (C=O) groups is 1. The van der Waals surface area contributed by atoms with Gasteiger partial charge in [0.15, 0.2) is 0 Å². The molecule has 5 nitrogen and oxygen atoms in total. The van der Waals surface area contributed by atoms with E-state index in [0.717, 1.165) is 50.1 Å². The molecule has 1 aromatic carbocycles. The monoisotopic (exact) mass is 331 g/mol. The van der Waals surface area contributed by atoms with Crippen LogP contribution in [-0.4, -0.2) is 36.4 Å². The minimum Gasteiger partial charge on any atom is -0.394 e. The molecule has 1 aliphatic carbocycles. The molecule has 1 aliphatic heterocycles. The number of aliphatic hydroxyl groups is 1. The summed E-state index contributed by atoms with van der Waals surface area (Å²) >= 11 is 0. The van der Waals surface area contributed by atoms with E-state index in [4.69, 9.17) is 0 Å². The van der Waals surface area contributed by atoms with E-state index < -0.39 is 5.54 Å². The van der Waals surface area contributed by atoms with Gasteiger partial charge in [0, 0.05) is 13.1 Å². The molecule has 2 amide bonds. The number of benzene rings is 1. The van der Waals surface area contributed by atoms with E-state index in [2.05, 4.69) is 21.6 Å². The van der Waals surface area contributed by atoms with Crippen molar-refractivity contribution in [2.75, 3.05) is 29.9 Å². The van der Waals surface area contributed by atoms with E-state index in [1.807, 2.05) is 18.2 Å². The fourth-order valence-corrected chi connectivity index (χ4v) is 3.94. The summed E-state index contributed by atoms with van der Waals surface area (Å²) in [7, 11) is 0. The van der Waals surface area contributed by atoms with Gasteiger partial charge in [0.25, 0.3) is 0 Å². The van der Waals surface area contributed by atoms with Crippen molar-refractivity contribution in [3.63, 3.8) is 0 Å². The first-order chi connectivity index (χ1) is 11.7. The Bertz CT molecular complexity index is 547. The number of rotatable bonds is 4. The average molecular weight is 331 g/mol. The number of hydrogen-bond acceptors (Lipinski definition) is 3. The van der Waals surface area contributed by atoms with E-state index in [1.165, 1.54) is 25.7 Å². The van der Waals surface area contributed by atoms with Crippen molar-refractivity contribution in [3.8, 4) is 0 Å². The van der Waals surface area contributed by atoms with Crippen LogP contribution in [0.1, 0.15) is 51.4 Å². The van der Waals surface area contributed by atoms with Crippen LogP contribution < -0.4 is 15.5 Å². The van der Waals surface area contributed by atoms with Crippen LogP contribution in [0, 0.1) is 0 Å². The molecule has 0 aromatic heterocycles. The maximum absolute atomic E-state index is 12.5. The number of para-hydroxylation sites is 2. The van der Waals surface area contributed by atoms with Gasteiger partial charge in [0.05, 0.1) is 23.5 Å². The minimum atomic E-state index is -0.443. The molecule has 1 saturated carbocycles. The number of hydrogen-bond donors (Lipinski definition) is 3. The number of urea groups is 1. The molecule has 132 valence electrons. The first-order valence-electron chi connectivity index (χ1n) is 9.26. The molecule has 2 aliphatic rings. The fraction of sp³-hybridized carbons (Fsp3) is 0.632. The lowest BCUT2D eigenvalue weighted by Gasteiger charge is -2.29. The number of anilines is 2. The van der Waals surface area contributed by atoms with Crippen molar-refractivity contribution >= 4 is 17.4 Å². The zero-order valence-corrected chi connectivity index (χ0v) is 14.4. The van der Waals surface area contributed by atoms with Crippen molar-refractivity contribution in [2.24, 2.45) is 0 Å². The average Bonchev–Trinajstić information content (AvgIpc) is 2.89. The van der Waals surface area contributed by atoms with Crippen LogP contribution in [-0.2, 0) is 0 Å². The predicted molar refractivity (Wildman–Crippen MR) is 97.6 cm³/mol. The number of nitrogens with zero attached hydrogens (tertiary/aromatic N) is 1. The highest BCUT2D eigenvalue weighted by atomic mass is 16.3. The highest BCUT2D eigenvalue weighted by molar-refractivity contribution is 5.93. The summed E-state index contributed by atoms with van der Waals surface area (Å²) < 4.78 is 0. The second-order valence-electron chi connectivity index (χ2n) is 7.14. The third-order valence-electron chi connectivity index (χ3n) is 5.34. The van der Waals surface area contributed by atoms with Crippen LogP contribution in [0.25, 0.3) is 0 Å². The second kappa shape index (κ2) is 7.88. The van der Waals surface area contributed by atoms with E-state index in [-0.39, 0.29) is 12.6 Å². The Hall–Kier alpha value is -1.75. The smallest absolute Gasteiger partial charge is 0.319 e. The van der Waals surface area contributed by atoms with Gasteiger partial charge >= 0.3 is 6.03 Å². The quantitative estimate of drug-likeness (QED) is 0.791. The molecule has 3 rings (SSSR count). The molecule has 1 saturated heterocycles. The maximum atomic E-state index is 12.5. The number of amides is 2. The zero-order valence-electron chi connectivity index (χ0n) is 14.4. The van der Waals surface area contributed by atoms with Crippen molar-refractivity contribution in [1.82, 2.24) is 5.32 Å². The summed E-state index contributed by atoms with van der Waals surface area (Å²) in [6.45, 7) is 2.09. The van der Waals surface area contributed by atoms with Crippen molar-refractivity contribution < 1.29 is 9.90 Å². The molecule has 0 unspecified atom stereocenters. The second-order valence-corrected chi connectivity index (χ2v) is 7.14. The van der Waals surface area contributed by atoms with Crippen LogP contribution in [0.5, 0.6) is 0 Å². The summed E-state index contributed by atoms with van der Waals surface area (Å²) in [5.74, 6) is 0. The first kappa shape index (κ1) is 17.1. The van der Waals surface area contributed by atoms with Crippen LogP contribution in [0.2, 0.25) is 0 Å². The Morgan fingerprint density at radius 1 is 1.04 bits per heavy atom. The highest BCUT2D eigenvalue weighted by Gasteiger charge is 2.34. The predicted octanol–water partition coefficient (Wildman–Crippen LogP) is 3.49. The number of carbonyl (C=O) groups excluding carboxylic acids is 1. The van der Waals surface area contributed by atoms with Gasteiger partial charge in [-0.15, -0.1) is 0 Å². The summed E-state index contributed by atoms with van der Waals surface area (Å²) in [5.41, 5.74) is 1.50. The third kappa shape index (κ3) is 4.01. The molecule has 2 fully saturated rings. The van der Waals surface area contributed by atoms with E-state index in [9.17, 15) is 9.90 Å². The zero-order chi connectivity index (χ0) is 16.8. The van der Waals surface area contributed by atoms with Gasteiger partial charge in [-0.3, -0.25) is 0 Å². The van der Waals surface area contributed by atoms with Crippen LogP contribution in [0.15, 0.2) is 24.3 Å². The lowest BCUT2D eigenvalue weighted by atomic mass is 9.99. The van der Waals surface area contributed by atoms with Gasteiger partial charge in [-0.2, -0.15) is 0 Å². The summed E-state index contributed by atoms with van der Waals surface area (Å²) in [5, 5.41) is 15.7. The molecule has 0 radical (unpaired) electrons. The molecule has 0 atom stereocenters. The number of nitrogens with one attached hydrogen (secondary N) is 2. The molecule has 0 spiro atoms. The fourth-order valence-electron chi connectivity index (χ4n) is 3.94. The molecule has 24 heavy (non-hydrogen) atoms. The van der Waals surface area contributed by atoms with Crippen LogP contribution >= 0.6 is 0 Å². The molecule has 0 bridgehead atoms. The number of aliphatic hydroxyl groups excluding tert-OH is 1. The Morgan fingerprint density at radius 2 is 1.71 bits per heavy atom. The highest BCUT2D eigenvalue weighted by Crippen LogP contribution is 2.30. The summed E-state index contributed by atoms with van der Waals surface area (Å²) in [6, 6.07) is 7.80. The summed E-state index contributed by atoms with van der Waals surface area (Å²) in [6.07, 6.45) is 8.80. The minimum absolute atomic E-state index is 0.00813. The molecule has 1 heterocycles. The van der Waals surface area contributed by atoms with E-state index in [0.29, 0.717) is 0 Å². The Kier molecular flexibility index (Phi) is 5.61. The Morgan fingerprint density at radius 3 is 2.38 bits per heavy atom.